The van der Waals surface area contributed by atoms with Gasteiger partial charge in [-0.25, -0.2) is 4.39 Å². The van der Waals surface area contributed by atoms with Gasteiger partial charge in [-0.2, -0.15) is 26.3 Å². The van der Waals surface area contributed by atoms with E-state index in [1.807, 2.05) is 5.32 Å². The van der Waals surface area contributed by atoms with Gasteiger partial charge in [0, 0.05) is 6.54 Å². The molecule has 8 heteroatoms. The molecule has 1 rings (SSSR count). The molecule has 0 atom stereocenters. The molecule has 0 aliphatic rings. The fourth-order valence-electron chi connectivity index (χ4n) is 1.31. The van der Waals surface area contributed by atoms with Crippen molar-refractivity contribution in [2.24, 2.45) is 0 Å². The van der Waals surface area contributed by atoms with Crippen molar-refractivity contribution in [2.45, 2.75) is 18.9 Å². The van der Waals surface area contributed by atoms with Gasteiger partial charge in [-0.1, -0.05) is 6.07 Å². The maximum absolute atomic E-state index is 12.7. The molecule has 1 aromatic carbocycles. The van der Waals surface area contributed by atoms with E-state index in [4.69, 9.17) is 0 Å². The van der Waals surface area contributed by atoms with E-state index in [1.54, 1.807) is 0 Å². The van der Waals surface area contributed by atoms with Gasteiger partial charge in [0.05, 0.1) is 12.1 Å². The maximum Gasteiger partial charge on any atom is 0.416 e. The van der Waals surface area contributed by atoms with Crippen LogP contribution >= 0.6 is 0 Å². The standard InChI is InChI=1S/C10H8F7N/c11-7-2-1-6(4-18-5-9(12,13)14)8(3-7)10(15,16)17/h1-3,18H,4-5H2. The van der Waals surface area contributed by atoms with Gasteiger partial charge in [-0.15, -0.1) is 0 Å². The molecule has 0 bridgehead atoms. The summed E-state index contributed by atoms with van der Waals surface area (Å²) in [5, 5.41) is 1.83. The van der Waals surface area contributed by atoms with E-state index in [1.165, 1.54) is 0 Å². The summed E-state index contributed by atoms with van der Waals surface area (Å²) in [4.78, 5) is 0. The number of rotatable bonds is 3. The third-order valence-electron chi connectivity index (χ3n) is 2.02. The molecular weight excluding hydrogens is 267 g/mol. The van der Waals surface area contributed by atoms with Crippen molar-refractivity contribution in [2.75, 3.05) is 6.54 Å². The Morgan fingerprint density at radius 1 is 1.00 bits per heavy atom. The minimum absolute atomic E-state index is 0.255. The first-order valence-electron chi connectivity index (χ1n) is 4.73. The van der Waals surface area contributed by atoms with E-state index >= 15 is 0 Å². The van der Waals surface area contributed by atoms with E-state index in [2.05, 4.69) is 0 Å². The molecule has 18 heavy (non-hydrogen) atoms. The summed E-state index contributed by atoms with van der Waals surface area (Å²) in [7, 11) is 0. The number of alkyl halides is 6. The molecule has 1 nitrogen and oxygen atoms in total. The van der Waals surface area contributed by atoms with Crippen LogP contribution in [0.15, 0.2) is 18.2 Å². The highest BCUT2D eigenvalue weighted by Crippen LogP contribution is 2.32. The number of halogens is 7. The quantitative estimate of drug-likeness (QED) is 0.832. The normalized spacial score (nSPS) is 12.8. The second-order valence-electron chi connectivity index (χ2n) is 3.52. The molecular formula is C10H8F7N. The van der Waals surface area contributed by atoms with Crippen molar-refractivity contribution in [3.8, 4) is 0 Å². The lowest BCUT2D eigenvalue weighted by atomic mass is 10.1. The van der Waals surface area contributed by atoms with Gasteiger partial charge in [0.25, 0.3) is 0 Å². The lowest BCUT2D eigenvalue weighted by molar-refractivity contribution is -0.138. The molecule has 0 radical (unpaired) electrons. The van der Waals surface area contributed by atoms with Crippen LogP contribution in [0, 0.1) is 5.82 Å². The van der Waals surface area contributed by atoms with Gasteiger partial charge in [0.1, 0.15) is 5.82 Å². The average Bonchev–Trinajstić information content (AvgIpc) is 2.17. The van der Waals surface area contributed by atoms with Crippen molar-refractivity contribution in [1.82, 2.24) is 5.32 Å². The van der Waals surface area contributed by atoms with Crippen LogP contribution in [0.1, 0.15) is 11.1 Å². The number of hydrogen-bond acceptors (Lipinski definition) is 1. The fraction of sp³-hybridized carbons (Fsp3) is 0.400. The molecule has 0 aliphatic heterocycles. The van der Waals surface area contributed by atoms with Crippen LogP contribution in [-0.2, 0) is 12.7 Å². The van der Waals surface area contributed by atoms with E-state index in [-0.39, 0.29) is 6.07 Å². The summed E-state index contributed by atoms with van der Waals surface area (Å²) in [6.07, 6.45) is -9.32. The maximum atomic E-state index is 12.7. The Morgan fingerprint density at radius 2 is 1.61 bits per heavy atom. The highest BCUT2D eigenvalue weighted by atomic mass is 19.4. The van der Waals surface area contributed by atoms with Crippen molar-refractivity contribution in [3.63, 3.8) is 0 Å². The molecule has 0 aliphatic carbocycles. The summed E-state index contributed by atoms with van der Waals surface area (Å²) < 4.78 is 85.5. The van der Waals surface area contributed by atoms with Crippen molar-refractivity contribution in [1.29, 1.82) is 0 Å². The second kappa shape index (κ2) is 5.13. The smallest absolute Gasteiger partial charge is 0.305 e. The topological polar surface area (TPSA) is 12.0 Å². The van der Waals surface area contributed by atoms with Crippen LogP contribution in [0.25, 0.3) is 0 Å². The van der Waals surface area contributed by atoms with Crippen molar-refractivity contribution < 1.29 is 30.7 Å². The van der Waals surface area contributed by atoms with Gasteiger partial charge in [0.15, 0.2) is 0 Å². The van der Waals surface area contributed by atoms with Crippen molar-refractivity contribution in [3.05, 3.63) is 35.1 Å². The Morgan fingerprint density at radius 3 is 2.11 bits per heavy atom. The summed E-state index contributed by atoms with van der Waals surface area (Å²) in [6, 6.07) is 1.83. The number of benzene rings is 1. The second-order valence-corrected chi connectivity index (χ2v) is 3.52. The first-order valence-corrected chi connectivity index (χ1v) is 4.73. The van der Waals surface area contributed by atoms with Crippen LogP contribution < -0.4 is 5.32 Å². The molecule has 1 aromatic rings. The summed E-state index contributed by atoms with van der Waals surface area (Å²) in [5.74, 6) is -1.10. The molecule has 0 amide bonds. The molecule has 0 aromatic heterocycles. The zero-order chi connectivity index (χ0) is 14.0. The van der Waals surface area contributed by atoms with Gasteiger partial charge in [-0.05, 0) is 17.7 Å². The van der Waals surface area contributed by atoms with Crippen LogP contribution in [0.3, 0.4) is 0 Å². The first kappa shape index (κ1) is 14.7. The largest absolute Gasteiger partial charge is 0.416 e. The molecule has 0 saturated carbocycles. The molecule has 0 saturated heterocycles. The lowest BCUT2D eigenvalue weighted by Gasteiger charge is -2.14. The lowest BCUT2D eigenvalue weighted by Crippen LogP contribution is -2.29. The summed E-state index contributed by atoms with van der Waals surface area (Å²) in [6.45, 7) is -2.06. The third kappa shape index (κ3) is 4.52. The zero-order valence-corrected chi connectivity index (χ0v) is 8.79. The molecule has 0 heterocycles. The minimum Gasteiger partial charge on any atom is -0.305 e. The SMILES string of the molecule is Fc1ccc(CNCC(F)(F)F)c(C(F)(F)F)c1. The first-order chi connectivity index (χ1) is 8.09. The highest BCUT2D eigenvalue weighted by molar-refractivity contribution is 5.30. The summed E-state index contributed by atoms with van der Waals surface area (Å²) >= 11 is 0. The Bertz CT molecular complexity index is 408. The molecule has 0 unspecified atom stereocenters. The van der Waals surface area contributed by atoms with E-state index in [0.717, 1.165) is 12.1 Å². The van der Waals surface area contributed by atoms with Crippen LogP contribution in [0.4, 0.5) is 30.7 Å². The summed E-state index contributed by atoms with van der Waals surface area (Å²) in [5.41, 5.74) is -1.72. The zero-order valence-electron chi connectivity index (χ0n) is 8.79. The van der Waals surface area contributed by atoms with Crippen LogP contribution in [0.5, 0.6) is 0 Å². The van der Waals surface area contributed by atoms with E-state index in [0.29, 0.717) is 0 Å². The van der Waals surface area contributed by atoms with E-state index < -0.39 is 42.4 Å². The van der Waals surface area contributed by atoms with Gasteiger partial charge < -0.3 is 5.32 Å². The fourth-order valence-corrected chi connectivity index (χ4v) is 1.31. The number of hydrogen-bond donors (Lipinski definition) is 1. The predicted octanol–water partition coefficient (Wildman–Crippen LogP) is 3.50. The Balaban J connectivity index is 2.83. The average molecular weight is 275 g/mol. The number of nitrogens with one attached hydrogen (secondary N) is 1. The third-order valence-corrected chi connectivity index (χ3v) is 2.02. The van der Waals surface area contributed by atoms with Gasteiger partial charge in [0.2, 0.25) is 0 Å². The Hall–Kier alpha value is -1.31. The van der Waals surface area contributed by atoms with E-state index in [9.17, 15) is 30.7 Å². The Kier molecular flexibility index (Phi) is 4.20. The molecule has 0 spiro atoms. The minimum atomic E-state index is -4.81. The highest BCUT2D eigenvalue weighted by Gasteiger charge is 2.34. The molecule has 102 valence electrons. The van der Waals surface area contributed by atoms with Gasteiger partial charge >= 0.3 is 12.4 Å². The Labute approximate surface area is 97.6 Å². The van der Waals surface area contributed by atoms with Gasteiger partial charge in [-0.3, -0.25) is 0 Å². The van der Waals surface area contributed by atoms with Crippen LogP contribution in [0.2, 0.25) is 0 Å². The predicted molar refractivity (Wildman–Crippen MR) is 49.2 cm³/mol. The monoisotopic (exact) mass is 275 g/mol. The van der Waals surface area contributed by atoms with Crippen molar-refractivity contribution >= 4 is 0 Å². The van der Waals surface area contributed by atoms with Crippen LogP contribution in [-0.4, -0.2) is 12.7 Å². The molecule has 1 N–H and O–H groups in total. The molecule has 0 fully saturated rings.